The van der Waals surface area contributed by atoms with Crippen LogP contribution in [0.5, 0.6) is 0 Å². The van der Waals surface area contributed by atoms with E-state index in [9.17, 15) is 0 Å². The molecule has 0 aromatic carbocycles. The molecule has 0 aliphatic rings. The number of hydrogen-bond donors (Lipinski definition) is 0. The molecule has 0 radical (unpaired) electrons. The predicted octanol–water partition coefficient (Wildman–Crippen LogP) is 7.35. The molecule has 21 heavy (non-hydrogen) atoms. The summed E-state index contributed by atoms with van der Waals surface area (Å²) in [5.74, 6) is 1.33. The molecule has 0 bridgehead atoms. The Labute approximate surface area is 143 Å². The maximum atomic E-state index is 6.35. The van der Waals surface area contributed by atoms with Crippen molar-refractivity contribution in [1.82, 2.24) is 0 Å². The molecular weight excluding hydrogens is 303 g/mol. The van der Waals surface area contributed by atoms with Crippen molar-refractivity contribution in [2.24, 2.45) is 11.8 Å². The Morgan fingerprint density at radius 3 is 1.38 bits per heavy atom. The first-order chi connectivity index (χ1) is 10.1. The maximum absolute atomic E-state index is 6.35. The summed E-state index contributed by atoms with van der Waals surface area (Å²) in [5.41, 5.74) is -0.476. The van der Waals surface area contributed by atoms with E-state index in [4.69, 9.17) is 27.9 Å². The normalized spacial score (nSPS) is 17.4. The van der Waals surface area contributed by atoms with Crippen LogP contribution in [0.1, 0.15) is 91.9 Å². The Morgan fingerprint density at radius 2 is 1.10 bits per heavy atom. The van der Waals surface area contributed by atoms with Gasteiger partial charge in [0, 0.05) is 0 Å². The summed E-state index contributed by atoms with van der Waals surface area (Å²) in [5, 5.41) is 0. The summed E-state index contributed by atoms with van der Waals surface area (Å²) in [4.78, 5) is 0. The Hall–Kier alpha value is 0.540. The highest BCUT2D eigenvalue weighted by molar-refractivity contribution is 6.21. The third kappa shape index (κ3) is 11.7. The van der Waals surface area contributed by atoms with E-state index in [-0.39, 0.29) is 11.1 Å². The zero-order valence-corrected chi connectivity index (χ0v) is 16.1. The van der Waals surface area contributed by atoms with Gasteiger partial charge in [0.1, 0.15) is 11.1 Å². The molecule has 0 aromatic rings. The van der Waals surface area contributed by atoms with Crippen LogP contribution >= 0.6 is 23.2 Å². The lowest BCUT2D eigenvalue weighted by molar-refractivity contribution is 0.0503. The van der Waals surface area contributed by atoms with E-state index in [1.54, 1.807) is 0 Å². The van der Waals surface area contributed by atoms with E-state index in [2.05, 4.69) is 27.7 Å². The summed E-state index contributed by atoms with van der Waals surface area (Å²) < 4.78 is 5.81. The topological polar surface area (TPSA) is 9.23 Å². The van der Waals surface area contributed by atoms with Gasteiger partial charge in [-0.25, -0.2) is 0 Å². The van der Waals surface area contributed by atoms with Gasteiger partial charge in [-0.05, 0) is 24.7 Å². The molecule has 0 N–H and O–H groups in total. The molecule has 0 aromatic heterocycles. The van der Waals surface area contributed by atoms with Crippen LogP contribution in [-0.2, 0) is 4.74 Å². The SMILES string of the molecule is CCCCC(CC)CC(Cl)OC(Cl)CC(CC)CCCC. The second-order valence-electron chi connectivity index (χ2n) is 6.26. The molecule has 0 spiro atoms. The summed E-state index contributed by atoms with van der Waals surface area (Å²) in [6.45, 7) is 8.94. The van der Waals surface area contributed by atoms with Gasteiger partial charge >= 0.3 is 0 Å². The number of alkyl halides is 2. The van der Waals surface area contributed by atoms with Gasteiger partial charge in [-0.1, -0.05) is 102 Å². The van der Waals surface area contributed by atoms with Gasteiger partial charge in [-0.2, -0.15) is 0 Å². The molecule has 0 fully saturated rings. The van der Waals surface area contributed by atoms with Crippen LogP contribution in [0.3, 0.4) is 0 Å². The van der Waals surface area contributed by atoms with Crippen molar-refractivity contribution in [3.8, 4) is 0 Å². The Bertz CT molecular complexity index is 201. The standard InChI is InChI=1S/C18H36Cl2O/c1-5-9-11-15(7-3)13-17(19)21-18(20)14-16(8-4)12-10-6-2/h15-18H,5-14H2,1-4H3. The molecule has 4 unspecified atom stereocenters. The van der Waals surface area contributed by atoms with Gasteiger partial charge in [0.25, 0.3) is 0 Å². The zero-order chi connectivity index (χ0) is 16.1. The van der Waals surface area contributed by atoms with Crippen molar-refractivity contribution in [3.63, 3.8) is 0 Å². The first-order valence-corrected chi connectivity index (χ1v) is 9.88. The van der Waals surface area contributed by atoms with Crippen LogP contribution in [0.4, 0.5) is 0 Å². The number of unbranched alkanes of at least 4 members (excludes halogenated alkanes) is 2. The van der Waals surface area contributed by atoms with Crippen molar-refractivity contribution < 1.29 is 4.74 Å². The molecule has 4 atom stereocenters. The molecule has 0 rings (SSSR count). The molecule has 0 saturated carbocycles. The van der Waals surface area contributed by atoms with Crippen molar-refractivity contribution in [1.29, 1.82) is 0 Å². The largest absolute Gasteiger partial charge is 0.344 e. The number of rotatable bonds is 14. The average molecular weight is 339 g/mol. The van der Waals surface area contributed by atoms with Crippen molar-refractivity contribution in [2.75, 3.05) is 0 Å². The molecule has 3 heteroatoms. The van der Waals surface area contributed by atoms with E-state index >= 15 is 0 Å². The minimum Gasteiger partial charge on any atom is -0.344 e. The van der Waals surface area contributed by atoms with E-state index in [1.807, 2.05) is 0 Å². The van der Waals surface area contributed by atoms with E-state index < -0.39 is 0 Å². The number of hydrogen-bond acceptors (Lipinski definition) is 1. The molecular formula is C18H36Cl2O. The summed E-state index contributed by atoms with van der Waals surface area (Å²) >= 11 is 12.7. The van der Waals surface area contributed by atoms with Crippen LogP contribution in [0.25, 0.3) is 0 Å². The second-order valence-corrected chi connectivity index (χ2v) is 7.23. The fraction of sp³-hybridized carbons (Fsp3) is 1.00. The average Bonchev–Trinajstić information content (AvgIpc) is 2.47. The first kappa shape index (κ1) is 21.5. The van der Waals surface area contributed by atoms with Crippen LogP contribution in [0.15, 0.2) is 0 Å². The van der Waals surface area contributed by atoms with Gasteiger partial charge in [0.2, 0.25) is 0 Å². The van der Waals surface area contributed by atoms with Gasteiger partial charge in [-0.15, -0.1) is 0 Å². The van der Waals surface area contributed by atoms with Crippen LogP contribution in [0.2, 0.25) is 0 Å². The smallest absolute Gasteiger partial charge is 0.133 e. The second kappa shape index (κ2) is 14.2. The summed E-state index contributed by atoms with van der Waals surface area (Å²) in [6, 6.07) is 0. The quantitative estimate of drug-likeness (QED) is 0.301. The number of ether oxygens (including phenoxy) is 1. The highest BCUT2D eigenvalue weighted by Crippen LogP contribution is 2.27. The van der Waals surface area contributed by atoms with Crippen molar-refractivity contribution in [3.05, 3.63) is 0 Å². The van der Waals surface area contributed by atoms with Crippen molar-refractivity contribution >= 4 is 23.2 Å². The van der Waals surface area contributed by atoms with Crippen molar-refractivity contribution in [2.45, 2.75) is 103 Å². The molecule has 1 nitrogen and oxygen atoms in total. The monoisotopic (exact) mass is 338 g/mol. The van der Waals surface area contributed by atoms with Crippen LogP contribution in [-0.4, -0.2) is 11.1 Å². The molecule has 0 aliphatic carbocycles. The van der Waals surface area contributed by atoms with Gasteiger partial charge in [0.15, 0.2) is 0 Å². The maximum Gasteiger partial charge on any atom is 0.133 e. The van der Waals surface area contributed by atoms with E-state index in [0.717, 1.165) is 12.8 Å². The van der Waals surface area contributed by atoms with Gasteiger partial charge < -0.3 is 4.74 Å². The predicted molar refractivity (Wildman–Crippen MR) is 96.2 cm³/mol. The van der Waals surface area contributed by atoms with E-state index in [0.29, 0.717) is 11.8 Å². The lowest BCUT2D eigenvalue weighted by Gasteiger charge is -2.23. The van der Waals surface area contributed by atoms with Gasteiger partial charge in [-0.3, -0.25) is 0 Å². The summed E-state index contributed by atoms with van der Waals surface area (Å²) in [7, 11) is 0. The Kier molecular flexibility index (Phi) is 14.5. The van der Waals surface area contributed by atoms with E-state index in [1.165, 1.54) is 51.4 Å². The zero-order valence-electron chi connectivity index (χ0n) is 14.5. The molecule has 0 amide bonds. The van der Waals surface area contributed by atoms with Crippen LogP contribution < -0.4 is 0 Å². The van der Waals surface area contributed by atoms with Gasteiger partial charge in [0.05, 0.1) is 0 Å². The Balaban J connectivity index is 4.02. The minimum atomic E-state index is -0.238. The highest BCUT2D eigenvalue weighted by atomic mass is 35.5. The fourth-order valence-corrected chi connectivity index (χ4v) is 3.56. The molecule has 128 valence electrons. The first-order valence-electron chi connectivity index (χ1n) is 9.00. The lowest BCUT2D eigenvalue weighted by Crippen LogP contribution is -2.19. The lowest BCUT2D eigenvalue weighted by atomic mass is 9.95. The fourth-order valence-electron chi connectivity index (χ4n) is 2.76. The minimum absolute atomic E-state index is 0.238. The highest BCUT2D eigenvalue weighted by Gasteiger charge is 2.19. The summed E-state index contributed by atoms with van der Waals surface area (Å²) in [6.07, 6.45) is 11.8. The molecule has 0 saturated heterocycles. The van der Waals surface area contributed by atoms with Crippen LogP contribution in [0, 0.1) is 11.8 Å². The third-order valence-corrected chi connectivity index (χ3v) is 4.98. The third-order valence-electron chi connectivity index (χ3n) is 4.42. The molecule has 0 aliphatic heterocycles. The Morgan fingerprint density at radius 1 is 0.714 bits per heavy atom. The number of halogens is 2. The molecule has 0 heterocycles.